The fraction of sp³-hybridized carbons (Fsp3) is 0.167. The molecule has 0 spiro atoms. The SMILES string of the molecule is CN(c1ccc(C(=O)CSc2nncn2-c2ccccc2)cc1)S(C)(=O)=O. The number of hydrogen-bond donors (Lipinski definition) is 0. The van der Waals surface area contributed by atoms with Gasteiger partial charge in [0.15, 0.2) is 10.9 Å². The molecule has 1 heterocycles. The van der Waals surface area contributed by atoms with Gasteiger partial charge in [-0.2, -0.15) is 0 Å². The van der Waals surface area contributed by atoms with Gasteiger partial charge in [0, 0.05) is 18.3 Å². The summed E-state index contributed by atoms with van der Waals surface area (Å²) in [5, 5.41) is 8.62. The van der Waals surface area contributed by atoms with E-state index in [1.807, 2.05) is 34.9 Å². The Kier molecular flexibility index (Phi) is 5.62. The molecule has 140 valence electrons. The molecule has 7 nitrogen and oxygen atoms in total. The number of benzene rings is 2. The van der Waals surface area contributed by atoms with Gasteiger partial charge < -0.3 is 0 Å². The summed E-state index contributed by atoms with van der Waals surface area (Å²) in [7, 11) is -1.86. The highest BCUT2D eigenvalue weighted by Crippen LogP contribution is 2.22. The number of aromatic nitrogens is 3. The van der Waals surface area contributed by atoms with E-state index in [4.69, 9.17) is 0 Å². The van der Waals surface area contributed by atoms with E-state index in [0.717, 1.165) is 11.9 Å². The molecule has 0 saturated heterocycles. The maximum atomic E-state index is 12.5. The molecule has 0 aliphatic rings. The summed E-state index contributed by atoms with van der Waals surface area (Å²) in [6.45, 7) is 0. The van der Waals surface area contributed by atoms with Crippen molar-refractivity contribution in [3.05, 3.63) is 66.5 Å². The Balaban J connectivity index is 1.68. The Labute approximate surface area is 162 Å². The predicted molar refractivity (Wildman–Crippen MR) is 106 cm³/mol. The first kappa shape index (κ1) is 19.1. The second kappa shape index (κ2) is 7.93. The van der Waals surface area contributed by atoms with Crippen molar-refractivity contribution in [3.63, 3.8) is 0 Å². The van der Waals surface area contributed by atoms with Crippen LogP contribution < -0.4 is 4.31 Å². The largest absolute Gasteiger partial charge is 0.293 e. The van der Waals surface area contributed by atoms with Crippen molar-refractivity contribution in [2.24, 2.45) is 0 Å². The molecule has 3 aromatic rings. The molecular weight excluding hydrogens is 384 g/mol. The molecule has 0 atom stereocenters. The van der Waals surface area contributed by atoms with Crippen LogP contribution in [-0.4, -0.2) is 48.0 Å². The third-order valence-electron chi connectivity index (χ3n) is 3.93. The molecule has 2 aromatic carbocycles. The van der Waals surface area contributed by atoms with Gasteiger partial charge >= 0.3 is 0 Å². The minimum absolute atomic E-state index is 0.0730. The van der Waals surface area contributed by atoms with Crippen molar-refractivity contribution >= 4 is 33.3 Å². The molecule has 0 aliphatic heterocycles. The van der Waals surface area contributed by atoms with Gasteiger partial charge in [0.25, 0.3) is 0 Å². The zero-order valence-corrected chi connectivity index (χ0v) is 16.4. The van der Waals surface area contributed by atoms with Crippen LogP contribution >= 0.6 is 11.8 Å². The zero-order valence-electron chi connectivity index (χ0n) is 14.8. The number of thioether (sulfide) groups is 1. The van der Waals surface area contributed by atoms with Crippen LogP contribution in [-0.2, 0) is 10.0 Å². The Morgan fingerprint density at radius 2 is 1.78 bits per heavy atom. The molecule has 0 amide bonds. The normalized spacial score (nSPS) is 11.3. The van der Waals surface area contributed by atoms with E-state index in [1.165, 1.54) is 23.1 Å². The highest BCUT2D eigenvalue weighted by molar-refractivity contribution is 7.99. The van der Waals surface area contributed by atoms with Crippen LogP contribution in [0.15, 0.2) is 66.1 Å². The lowest BCUT2D eigenvalue weighted by Crippen LogP contribution is -2.24. The Hall–Kier alpha value is -2.65. The Morgan fingerprint density at radius 1 is 1.11 bits per heavy atom. The minimum Gasteiger partial charge on any atom is -0.293 e. The maximum absolute atomic E-state index is 12.5. The Morgan fingerprint density at radius 3 is 2.41 bits per heavy atom. The molecule has 9 heteroatoms. The molecule has 1 aromatic heterocycles. The molecule has 0 fully saturated rings. The van der Waals surface area contributed by atoms with Gasteiger partial charge in [0.1, 0.15) is 6.33 Å². The minimum atomic E-state index is -3.33. The number of carbonyl (C=O) groups excluding carboxylic acids is 1. The van der Waals surface area contributed by atoms with Crippen LogP contribution in [0.25, 0.3) is 5.69 Å². The van der Waals surface area contributed by atoms with Gasteiger partial charge in [-0.1, -0.05) is 30.0 Å². The average molecular weight is 403 g/mol. The van der Waals surface area contributed by atoms with E-state index in [9.17, 15) is 13.2 Å². The quantitative estimate of drug-likeness (QED) is 0.446. The lowest BCUT2D eigenvalue weighted by atomic mass is 10.1. The smallest absolute Gasteiger partial charge is 0.231 e. The third kappa shape index (κ3) is 4.55. The molecular formula is C18H18N4O3S2. The summed E-state index contributed by atoms with van der Waals surface area (Å²) in [6.07, 6.45) is 2.74. The van der Waals surface area contributed by atoms with Crippen LogP contribution in [0.5, 0.6) is 0 Å². The van der Waals surface area contributed by atoms with Gasteiger partial charge in [-0.25, -0.2) is 8.42 Å². The standard InChI is InChI=1S/C18H18N4O3S2/c1-21(27(2,24)25)15-10-8-14(9-11-15)17(23)12-26-18-20-19-13-22(18)16-6-4-3-5-7-16/h3-11,13H,12H2,1-2H3. The lowest BCUT2D eigenvalue weighted by molar-refractivity contribution is 0.102. The number of hydrogen-bond acceptors (Lipinski definition) is 6. The number of anilines is 1. The first-order chi connectivity index (χ1) is 12.9. The maximum Gasteiger partial charge on any atom is 0.231 e. The second-order valence-electron chi connectivity index (χ2n) is 5.81. The summed E-state index contributed by atoms with van der Waals surface area (Å²) in [5.74, 6) is 0.128. The molecule has 0 unspecified atom stereocenters. The highest BCUT2D eigenvalue weighted by Gasteiger charge is 2.14. The van der Waals surface area contributed by atoms with Gasteiger partial charge in [0.2, 0.25) is 10.0 Å². The lowest BCUT2D eigenvalue weighted by Gasteiger charge is -2.16. The van der Waals surface area contributed by atoms with E-state index in [-0.39, 0.29) is 11.5 Å². The van der Waals surface area contributed by atoms with E-state index in [0.29, 0.717) is 16.4 Å². The average Bonchev–Trinajstić information content (AvgIpc) is 3.14. The fourth-order valence-corrected chi connectivity index (χ4v) is 3.68. The van der Waals surface area contributed by atoms with Crippen molar-refractivity contribution in [2.45, 2.75) is 5.16 Å². The summed E-state index contributed by atoms with van der Waals surface area (Å²) in [5.41, 5.74) is 1.94. The van der Waals surface area contributed by atoms with Crippen LogP contribution in [0.1, 0.15) is 10.4 Å². The first-order valence-corrected chi connectivity index (χ1v) is 10.8. The van der Waals surface area contributed by atoms with Crippen molar-refractivity contribution < 1.29 is 13.2 Å². The van der Waals surface area contributed by atoms with Gasteiger partial charge in [-0.05, 0) is 36.4 Å². The van der Waals surface area contributed by atoms with Gasteiger partial charge in [0.05, 0.1) is 17.7 Å². The second-order valence-corrected chi connectivity index (χ2v) is 8.76. The zero-order chi connectivity index (χ0) is 19.4. The number of Topliss-reactive ketones (excluding diaryl/α,β-unsaturated/α-hetero) is 1. The molecule has 0 radical (unpaired) electrons. The van der Waals surface area contributed by atoms with Gasteiger partial charge in [-0.15, -0.1) is 10.2 Å². The number of carbonyl (C=O) groups is 1. The Bertz CT molecular complexity index is 1030. The first-order valence-electron chi connectivity index (χ1n) is 8.01. The number of rotatable bonds is 7. The van der Waals surface area contributed by atoms with Gasteiger partial charge in [-0.3, -0.25) is 13.7 Å². The van der Waals surface area contributed by atoms with Crippen molar-refractivity contribution in [1.29, 1.82) is 0 Å². The van der Waals surface area contributed by atoms with Crippen LogP contribution in [0.2, 0.25) is 0 Å². The van der Waals surface area contributed by atoms with Crippen molar-refractivity contribution in [3.8, 4) is 5.69 Å². The number of nitrogens with zero attached hydrogens (tertiary/aromatic N) is 4. The van der Waals surface area contributed by atoms with E-state index >= 15 is 0 Å². The highest BCUT2D eigenvalue weighted by atomic mass is 32.2. The summed E-state index contributed by atoms with van der Waals surface area (Å²) < 4.78 is 26.1. The molecule has 0 bridgehead atoms. The van der Waals surface area contributed by atoms with Crippen molar-refractivity contribution in [1.82, 2.24) is 14.8 Å². The number of sulfonamides is 1. The molecule has 0 N–H and O–H groups in total. The summed E-state index contributed by atoms with van der Waals surface area (Å²) in [4.78, 5) is 12.5. The van der Waals surface area contributed by atoms with E-state index in [1.54, 1.807) is 30.6 Å². The van der Waals surface area contributed by atoms with E-state index in [2.05, 4.69) is 10.2 Å². The monoisotopic (exact) mass is 402 g/mol. The van der Waals surface area contributed by atoms with Crippen LogP contribution in [0.4, 0.5) is 5.69 Å². The predicted octanol–water partition coefficient (Wildman–Crippen LogP) is 2.64. The van der Waals surface area contributed by atoms with E-state index < -0.39 is 10.0 Å². The number of para-hydroxylation sites is 1. The fourth-order valence-electron chi connectivity index (χ4n) is 2.35. The molecule has 0 saturated carbocycles. The van der Waals surface area contributed by atoms with Crippen LogP contribution in [0.3, 0.4) is 0 Å². The third-order valence-corrected chi connectivity index (χ3v) is 6.08. The van der Waals surface area contributed by atoms with Crippen molar-refractivity contribution in [2.75, 3.05) is 23.4 Å². The number of ketones is 1. The summed E-state index contributed by atoms with van der Waals surface area (Å²) >= 11 is 1.30. The summed E-state index contributed by atoms with van der Waals surface area (Å²) in [6, 6.07) is 16.1. The van der Waals surface area contributed by atoms with Crippen LogP contribution in [0, 0.1) is 0 Å². The molecule has 3 rings (SSSR count). The molecule has 0 aliphatic carbocycles. The topological polar surface area (TPSA) is 85.2 Å². The molecule has 27 heavy (non-hydrogen) atoms.